The Kier molecular flexibility index (Phi) is 5.38. The first-order valence-corrected chi connectivity index (χ1v) is 9.96. The molecule has 2 aromatic carbocycles. The molecule has 2 heterocycles. The van der Waals surface area contributed by atoms with E-state index in [-0.39, 0.29) is 5.56 Å². The van der Waals surface area contributed by atoms with Crippen LogP contribution in [-0.2, 0) is 6.54 Å². The Morgan fingerprint density at radius 2 is 1.60 bits per heavy atom. The van der Waals surface area contributed by atoms with Gasteiger partial charge in [-0.15, -0.1) is 0 Å². The summed E-state index contributed by atoms with van der Waals surface area (Å²) in [7, 11) is 0. The van der Waals surface area contributed by atoms with Crippen LogP contribution in [0.2, 0.25) is 0 Å². The van der Waals surface area contributed by atoms with E-state index in [2.05, 4.69) is 4.98 Å². The summed E-state index contributed by atoms with van der Waals surface area (Å²) in [5.41, 5.74) is 6.47. The molecule has 30 heavy (non-hydrogen) atoms. The Bertz CT molecular complexity index is 1220. The highest BCUT2D eigenvalue weighted by molar-refractivity contribution is 5.37. The molecule has 0 spiro atoms. The molecular formula is C25H25N3O2. The SMILES string of the molecule is Cc1ccc(C(O)c2cncn2Cc2cc(=O)n(-c3ccc(C)cc3)cc2C)cc1. The average Bonchev–Trinajstić information content (AvgIpc) is 3.19. The smallest absolute Gasteiger partial charge is 0.255 e. The summed E-state index contributed by atoms with van der Waals surface area (Å²) in [5, 5.41) is 10.8. The fourth-order valence-electron chi connectivity index (χ4n) is 3.54. The van der Waals surface area contributed by atoms with Gasteiger partial charge in [-0.1, -0.05) is 47.5 Å². The van der Waals surface area contributed by atoms with E-state index in [4.69, 9.17) is 0 Å². The summed E-state index contributed by atoms with van der Waals surface area (Å²) >= 11 is 0. The van der Waals surface area contributed by atoms with Gasteiger partial charge < -0.3 is 9.67 Å². The average molecular weight is 399 g/mol. The second-order valence-corrected chi connectivity index (χ2v) is 7.79. The first kappa shape index (κ1) is 19.9. The molecule has 5 heteroatoms. The molecule has 1 unspecified atom stereocenters. The molecular weight excluding hydrogens is 374 g/mol. The van der Waals surface area contributed by atoms with Gasteiger partial charge in [-0.2, -0.15) is 0 Å². The summed E-state index contributed by atoms with van der Waals surface area (Å²) in [6.07, 6.45) is 4.46. The molecule has 0 saturated heterocycles. The van der Waals surface area contributed by atoms with Gasteiger partial charge in [0.2, 0.25) is 0 Å². The lowest BCUT2D eigenvalue weighted by molar-refractivity contribution is 0.210. The third kappa shape index (κ3) is 3.98. The monoisotopic (exact) mass is 399 g/mol. The summed E-state index contributed by atoms with van der Waals surface area (Å²) in [6, 6.07) is 17.4. The van der Waals surface area contributed by atoms with E-state index in [1.807, 2.05) is 80.1 Å². The largest absolute Gasteiger partial charge is 0.382 e. The van der Waals surface area contributed by atoms with Gasteiger partial charge >= 0.3 is 0 Å². The zero-order valence-corrected chi connectivity index (χ0v) is 17.4. The van der Waals surface area contributed by atoms with Gasteiger partial charge in [-0.3, -0.25) is 9.36 Å². The molecule has 2 aromatic heterocycles. The Morgan fingerprint density at radius 1 is 0.967 bits per heavy atom. The molecule has 0 aliphatic carbocycles. The predicted octanol–water partition coefficient (Wildman–Crippen LogP) is 4.09. The van der Waals surface area contributed by atoms with E-state index in [0.29, 0.717) is 12.2 Å². The maximum absolute atomic E-state index is 12.8. The number of aryl methyl sites for hydroxylation is 3. The van der Waals surface area contributed by atoms with Crippen molar-refractivity contribution in [2.45, 2.75) is 33.4 Å². The highest BCUT2D eigenvalue weighted by atomic mass is 16.3. The van der Waals surface area contributed by atoms with Gasteiger partial charge in [-0.25, -0.2) is 4.98 Å². The molecule has 0 aliphatic heterocycles. The maximum atomic E-state index is 12.8. The first-order valence-electron chi connectivity index (χ1n) is 9.96. The van der Waals surface area contributed by atoms with Gasteiger partial charge in [0.1, 0.15) is 6.10 Å². The third-order valence-electron chi connectivity index (χ3n) is 5.43. The topological polar surface area (TPSA) is 60.1 Å². The lowest BCUT2D eigenvalue weighted by Crippen LogP contribution is -2.20. The number of aliphatic hydroxyl groups is 1. The van der Waals surface area contributed by atoms with Crippen molar-refractivity contribution in [2.75, 3.05) is 0 Å². The predicted molar refractivity (Wildman–Crippen MR) is 118 cm³/mol. The molecule has 152 valence electrons. The summed E-state index contributed by atoms with van der Waals surface area (Å²) < 4.78 is 3.55. The molecule has 0 amide bonds. The van der Waals surface area contributed by atoms with Crippen molar-refractivity contribution in [1.29, 1.82) is 0 Å². The third-order valence-corrected chi connectivity index (χ3v) is 5.43. The van der Waals surface area contributed by atoms with Crippen LogP contribution in [0, 0.1) is 20.8 Å². The zero-order valence-electron chi connectivity index (χ0n) is 17.4. The van der Waals surface area contributed by atoms with Crippen LogP contribution in [0.3, 0.4) is 0 Å². The Hall–Kier alpha value is -3.44. The molecule has 5 nitrogen and oxygen atoms in total. The Morgan fingerprint density at radius 3 is 2.27 bits per heavy atom. The Balaban J connectivity index is 1.63. The number of hydrogen-bond donors (Lipinski definition) is 1. The van der Waals surface area contributed by atoms with Gasteiger partial charge in [-0.05, 0) is 49.6 Å². The second kappa shape index (κ2) is 8.13. The van der Waals surface area contributed by atoms with Crippen LogP contribution in [-0.4, -0.2) is 19.2 Å². The fourth-order valence-corrected chi connectivity index (χ4v) is 3.54. The number of imidazole rings is 1. The van der Waals surface area contributed by atoms with Crippen LogP contribution < -0.4 is 5.56 Å². The fraction of sp³-hybridized carbons (Fsp3) is 0.200. The van der Waals surface area contributed by atoms with Crippen molar-refractivity contribution < 1.29 is 5.11 Å². The zero-order chi connectivity index (χ0) is 21.3. The standard InChI is InChI=1S/C25H25N3O2/c1-17-4-8-20(9-5-17)25(30)23-13-26-16-27(23)15-21-12-24(29)28(14-19(21)3)22-10-6-18(2)7-11-22/h4-14,16,25,30H,15H2,1-3H3. The van der Waals surface area contributed by atoms with Crippen molar-refractivity contribution in [2.24, 2.45) is 0 Å². The van der Waals surface area contributed by atoms with Gasteiger partial charge in [0, 0.05) is 24.5 Å². The van der Waals surface area contributed by atoms with Crippen LogP contribution in [0.1, 0.15) is 39.6 Å². The minimum atomic E-state index is -0.777. The molecule has 1 atom stereocenters. The second-order valence-electron chi connectivity index (χ2n) is 7.79. The van der Waals surface area contributed by atoms with E-state index >= 15 is 0 Å². The number of rotatable bonds is 5. The molecule has 0 fully saturated rings. The molecule has 0 aliphatic rings. The number of nitrogens with zero attached hydrogens (tertiary/aromatic N) is 3. The van der Waals surface area contributed by atoms with Crippen molar-refractivity contribution in [3.63, 3.8) is 0 Å². The quantitative estimate of drug-likeness (QED) is 0.550. The van der Waals surface area contributed by atoms with E-state index < -0.39 is 6.10 Å². The number of aromatic nitrogens is 3. The normalized spacial score (nSPS) is 12.1. The lowest BCUT2D eigenvalue weighted by atomic mass is 10.0. The van der Waals surface area contributed by atoms with E-state index in [1.54, 1.807) is 23.2 Å². The summed E-state index contributed by atoms with van der Waals surface area (Å²) in [6.45, 7) is 6.50. The number of hydrogen-bond acceptors (Lipinski definition) is 3. The van der Waals surface area contributed by atoms with E-state index in [9.17, 15) is 9.90 Å². The minimum absolute atomic E-state index is 0.0831. The number of benzene rings is 2. The van der Waals surface area contributed by atoms with E-state index in [1.165, 1.54) is 0 Å². The minimum Gasteiger partial charge on any atom is -0.382 e. The highest BCUT2D eigenvalue weighted by Crippen LogP contribution is 2.23. The van der Waals surface area contributed by atoms with Gasteiger partial charge in [0.15, 0.2) is 0 Å². The first-order chi connectivity index (χ1) is 14.4. The number of pyridine rings is 1. The Labute approximate surface area is 175 Å². The lowest BCUT2D eigenvalue weighted by Gasteiger charge is -2.16. The number of aliphatic hydroxyl groups excluding tert-OH is 1. The van der Waals surface area contributed by atoms with Crippen LogP contribution in [0.15, 0.2) is 78.1 Å². The van der Waals surface area contributed by atoms with Crippen molar-refractivity contribution in [3.05, 3.63) is 117 Å². The van der Waals surface area contributed by atoms with E-state index in [0.717, 1.165) is 33.5 Å². The molecule has 0 saturated carbocycles. The van der Waals surface area contributed by atoms with Crippen LogP contribution in [0.4, 0.5) is 0 Å². The highest BCUT2D eigenvalue weighted by Gasteiger charge is 2.16. The van der Waals surface area contributed by atoms with Crippen LogP contribution in [0.5, 0.6) is 0 Å². The molecule has 0 radical (unpaired) electrons. The molecule has 4 aromatic rings. The van der Waals surface area contributed by atoms with Crippen LogP contribution >= 0.6 is 0 Å². The van der Waals surface area contributed by atoms with Crippen molar-refractivity contribution in [1.82, 2.24) is 14.1 Å². The van der Waals surface area contributed by atoms with Crippen molar-refractivity contribution >= 4 is 0 Å². The van der Waals surface area contributed by atoms with Crippen molar-refractivity contribution in [3.8, 4) is 5.69 Å². The van der Waals surface area contributed by atoms with Crippen LogP contribution in [0.25, 0.3) is 5.69 Å². The molecule has 4 rings (SSSR count). The van der Waals surface area contributed by atoms with Gasteiger partial charge in [0.25, 0.3) is 5.56 Å². The molecule has 0 bridgehead atoms. The summed E-state index contributed by atoms with van der Waals surface area (Å²) in [5.74, 6) is 0. The maximum Gasteiger partial charge on any atom is 0.255 e. The molecule has 1 N–H and O–H groups in total. The van der Waals surface area contributed by atoms with Gasteiger partial charge in [0.05, 0.1) is 18.2 Å². The summed E-state index contributed by atoms with van der Waals surface area (Å²) in [4.78, 5) is 17.0.